The Morgan fingerprint density at radius 1 is 1.00 bits per heavy atom. The van der Waals surface area contributed by atoms with Crippen molar-refractivity contribution >= 4 is 41.3 Å². The Morgan fingerprint density at radius 2 is 1.55 bits per heavy atom. The van der Waals surface area contributed by atoms with Crippen molar-refractivity contribution in [1.82, 2.24) is 9.78 Å². The van der Waals surface area contributed by atoms with E-state index in [9.17, 15) is 0 Å². The second-order valence-electron chi connectivity index (χ2n) is 6.23. The van der Waals surface area contributed by atoms with Crippen molar-refractivity contribution in [1.29, 1.82) is 0 Å². The second-order valence-corrected chi connectivity index (χ2v) is 17.1. The molecule has 2 nitrogen and oxygen atoms in total. The molecule has 0 unspecified atom stereocenters. The smallest absolute Gasteiger partial charge is 0.0787 e. The molecule has 0 bridgehead atoms. The van der Waals surface area contributed by atoms with Crippen LogP contribution in [0.25, 0.3) is 10.2 Å². The van der Waals surface area contributed by atoms with E-state index in [-0.39, 0.29) is 0 Å². The van der Waals surface area contributed by atoms with Crippen LogP contribution in [0.5, 0.6) is 0 Å². The molecular weight excluding hydrogens is 395 g/mol. The van der Waals surface area contributed by atoms with E-state index in [2.05, 4.69) is 37.3 Å². The standard InChI is InChI=1S/C6H6N2S.3C4H9.Sn.H/c1-8-5-2-3-9-6(5)4-7-8;3*1-3-4-2;;/h2-4H,1H3;3*1,3-4H2,2H3;;. The van der Waals surface area contributed by atoms with Crippen LogP contribution in [0, 0.1) is 0 Å². The number of fused-ring (bicyclic) bond motifs is 1. The van der Waals surface area contributed by atoms with Gasteiger partial charge in [-0.1, -0.05) is 0 Å². The van der Waals surface area contributed by atoms with Crippen molar-refractivity contribution in [2.45, 2.75) is 72.6 Å². The van der Waals surface area contributed by atoms with Gasteiger partial charge in [-0.05, 0) is 11.4 Å². The van der Waals surface area contributed by atoms with E-state index >= 15 is 0 Å². The van der Waals surface area contributed by atoms with Gasteiger partial charge >= 0.3 is 92.4 Å². The van der Waals surface area contributed by atoms with Gasteiger partial charge in [-0.25, -0.2) is 0 Å². The third-order valence-corrected chi connectivity index (χ3v) is 15.6. The molecule has 126 valence electrons. The first-order chi connectivity index (χ1) is 10.7. The fourth-order valence-electron chi connectivity index (χ4n) is 2.79. The second kappa shape index (κ2) is 12.4. The van der Waals surface area contributed by atoms with E-state index in [0.29, 0.717) is 0 Å². The number of rotatable bonds is 9. The van der Waals surface area contributed by atoms with Gasteiger partial charge < -0.3 is 0 Å². The summed E-state index contributed by atoms with van der Waals surface area (Å²) in [5, 5.41) is 6.16. The molecule has 2 aromatic heterocycles. The van der Waals surface area contributed by atoms with Gasteiger partial charge in [-0.15, -0.1) is 11.3 Å². The summed E-state index contributed by atoms with van der Waals surface area (Å²) in [7, 11) is 1.95. The number of unbranched alkanes of at least 4 members (excludes halogenated alkanes) is 3. The van der Waals surface area contributed by atoms with Crippen LogP contribution < -0.4 is 0 Å². The summed E-state index contributed by atoms with van der Waals surface area (Å²) in [5.41, 5.74) is 1.22. The summed E-state index contributed by atoms with van der Waals surface area (Å²) in [6, 6.07) is 2.08. The molecule has 2 heterocycles. The van der Waals surface area contributed by atoms with Crippen molar-refractivity contribution in [3.05, 3.63) is 17.6 Å². The van der Waals surface area contributed by atoms with E-state index in [1.165, 1.54) is 48.7 Å². The van der Waals surface area contributed by atoms with Crippen molar-refractivity contribution < 1.29 is 0 Å². The number of nitrogens with zero attached hydrogens (tertiary/aromatic N) is 2. The average molecular weight is 429 g/mol. The monoisotopic (exact) mass is 430 g/mol. The van der Waals surface area contributed by atoms with Gasteiger partial charge in [0.2, 0.25) is 0 Å². The average Bonchev–Trinajstić information content (AvgIpc) is 3.13. The third kappa shape index (κ3) is 7.49. The Labute approximate surface area is 148 Å². The fourth-order valence-corrected chi connectivity index (χ4v) is 14.5. The first kappa shape index (κ1) is 20.0. The SMILES string of the molecule is CCC[CH2][SnH]([CH2]CCC)[CH2]CCC.Cn1ncc2sccc21. The maximum Gasteiger partial charge on any atom is 0.0787 e. The molecule has 2 rings (SSSR count). The first-order valence-electron chi connectivity index (χ1n) is 9.08. The van der Waals surface area contributed by atoms with E-state index < -0.39 is 19.8 Å². The van der Waals surface area contributed by atoms with E-state index in [1.807, 2.05) is 17.9 Å². The minimum atomic E-state index is -0.967. The Morgan fingerprint density at radius 3 is 2.00 bits per heavy atom. The molecule has 0 fully saturated rings. The Balaban J connectivity index is 0.000000231. The fraction of sp³-hybridized carbons (Fsp3) is 0.722. The van der Waals surface area contributed by atoms with Gasteiger partial charge in [-0.3, -0.25) is 4.68 Å². The van der Waals surface area contributed by atoms with Crippen LogP contribution in [0.3, 0.4) is 0 Å². The number of hydrogen-bond acceptors (Lipinski definition) is 2. The van der Waals surface area contributed by atoms with Crippen LogP contribution in [0.4, 0.5) is 0 Å². The van der Waals surface area contributed by atoms with Crippen LogP contribution in [0.2, 0.25) is 13.3 Å². The zero-order valence-corrected chi connectivity index (χ0v) is 19.1. The minimum absolute atomic E-state index is 0.967. The molecule has 2 aromatic rings. The molecule has 0 saturated heterocycles. The summed E-state index contributed by atoms with van der Waals surface area (Å²) in [5.74, 6) is 0. The molecule has 0 radical (unpaired) electrons. The number of thiophene rings is 1. The van der Waals surface area contributed by atoms with E-state index in [4.69, 9.17) is 0 Å². The largest absolute Gasteiger partial charge is 0.267 e. The summed E-state index contributed by atoms with van der Waals surface area (Å²) < 4.78 is 8.22. The van der Waals surface area contributed by atoms with Crippen LogP contribution in [0.15, 0.2) is 17.6 Å². The predicted molar refractivity (Wildman–Crippen MR) is 105 cm³/mol. The summed E-state index contributed by atoms with van der Waals surface area (Å²) in [6.07, 6.45) is 10.8. The molecule has 0 saturated carbocycles. The number of aryl methyl sites for hydroxylation is 1. The predicted octanol–water partition coefficient (Wildman–Crippen LogP) is 6.25. The van der Waals surface area contributed by atoms with E-state index in [1.54, 1.807) is 24.6 Å². The van der Waals surface area contributed by atoms with Crippen LogP contribution >= 0.6 is 11.3 Å². The first-order valence-corrected chi connectivity index (χ1v) is 16.9. The van der Waals surface area contributed by atoms with Gasteiger partial charge in [0.05, 0.1) is 16.4 Å². The zero-order chi connectivity index (χ0) is 16.2. The summed E-state index contributed by atoms with van der Waals surface area (Å²) >= 11 is 0.758. The van der Waals surface area contributed by atoms with Crippen LogP contribution in [-0.2, 0) is 7.05 Å². The molecule has 0 aromatic carbocycles. The molecule has 0 aliphatic heterocycles. The minimum Gasteiger partial charge on any atom is -0.267 e. The Kier molecular flexibility index (Phi) is 11.3. The quantitative estimate of drug-likeness (QED) is 0.431. The third-order valence-electron chi connectivity index (χ3n) is 4.27. The Bertz CT molecular complexity index is 473. The molecular formula is C18H34N2SSn. The molecule has 4 heteroatoms. The summed E-state index contributed by atoms with van der Waals surface area (Å²) in [6.45, 7) is 7.01. The Hall–Kier alpha value is -0.0313. The summed E-state index contributed by atoms with van der Waals surface area (Å²) in [4.78, 5) is 0. The molecule has 22 heavy (non-hydrogen) atoms. The topological polar surface area (TPSA) is 17.8 Å². The maximum atomic E-state index is 4.08. The molecule has 0 aliphatic carbocycles. The zero-order valence-electron chi connectivity index (χ0n) is 15.0. The molecule has 0 atom stereocenters. The van der Waals surface area contributed by atoms with E-state index in [0.717, 1.165) is 0 Å². The number of hydrogen-bond donors (Lipinski definition) is 0. The van der Waals surface area contributed by atoms with Crippen molar-refractivity contribution in [2.24, 2.45) is 7.05 Å². The van der Waals surface area contributed by atoms with Crippen molar-refractivity contribution in [3.8, 4) is 0 Å². The van der Waals surface area contributed by atoms with Gasteiger partial charge in [0.1, 0.15) is 0 Å². The van der Waals surface area contributed by atoms with Gasteiger partial charge in [0.25, 0.3) is 0 Å². The molecule has 0 aliphatic rings. The van der Waals surface area contributed by atoms with Gasteiger partial charge in [-0.2, -0.15) is 5.10 Å². The molecule has 0 amide bonds. The van der Waals surface area contributed by atoms with Crippen LogP contribution in [-0.4, -0.2) is 29.5 Å². The van der Waals surface area contributed by atoms with Gasteiger partial charge in [0, 0.05) is 7.05 Å². The van der Waals surface area contributed by atoms with Crippen molar-refractivity contribution in [2.75, 3.05) is 0 Å². The molecule has 0 spiro atoms. The molecule has 0 N–H and O–H groups in total. The van der Waals surface area contributed by atoms with Crippen LogP contribution in [0.1, 0.15) is 59.3 Å². The maximum absolute atomic E-state index is 4.08. The number of aromatic nitrogens is 2. The normalized spacial score (nSPS) is 11.0. The van der Waals surface area contributed by atoms with Crippen molar-refractivity contribution in [3.63, 3.8) is 0 Å². The van der Waals surface area contributed by atoms with Gasteiger partial charge in [0.15, 0.2) is 0 Å².